The third kappa shape index (κ3) is 2.44. The fourth-order valence-corrected chi connectivity index (χ4v) is 2.03. The molecule has 1 aromatic heterocycles. The predicted octanol–water partition coefficient (Wildman–Crippen LogP) is 3.17. The molecule has 2 rings (SSSR count). The summed E-state index contributed by atoms with van der Waals surface area (Å²) in [5.41, 5.74) is 3.07. The number of benzene rings is 1. The van der Waals surface area contributed by atoms with Crippen LogP contribution in [0.5, 0.6) is 0 Å². The number of hydrogen-bond donors (Lipinski definition) is 0. The fourth-order valence-electron chi connectivity index (χ4n) is 1.46. The number of hydrogen-bond acceptors (Lipinski definition) is 2. The van der Waals surface area contributed by atoms with Crippen molar-refractivity contribution in [2.45, 2.75) is 13.3 Å². The van der Waals surface area contributed by atoms with Crippen LogP contribution < -0.4 is 0 Å². The predicted molar refractivity (Wildman–Crippen MR) is 68.6 cm³/mol. The van der Waals surface area contributed by atoms with Gasteiger partial charge in [-0.1, -0.05) is 38.8 Å². The Morgan fingerprint density at radius 2 is 2.25 bits per heavy atom. The second kappa shape index (κ2) is 4.97. The lowest BCUT2D eigenvalue weighted by Crippen LogP contribution is -1.97. The molecule has 3 nitrogen and oxygen atoms in total. The first-order chi connectivity index (χ1) is 7.70. The van der Waals surface area contributed by atoms with Gasteiger partial charge < -0.3 is 0 Å². The second-order valence-electron chi connectivity index (χ2n) is 3.52. The highest BCUT2D eigenvalue weighted by Gasteiger charge is 2.05. The van der Waals surface area contributed by atoms with Crippen molar-refractivity contribution in [3.05, 3.63) is 40.7 Å². The third-order valence-corrected chi connectivity index (χ3v) is 2.94. The van der Waals surface area contributed by atoms with Gasteiger partial charge in [0.1, 0.15) is 0 Å². The molecule has 0 amide bonds. The molecule has 0 saturated heterocycles. The maximum absolute atomic E-state index is 5.97. The van der Waals surface area contributed by atoms with Crippen molar-refractivity contribution in [1.29, 1.82) is 0 Å². The standard InChI is InChI=1S/C11H11BrClN3/c1-8-2-3-9(13)6-11(8)16-7-10(4-5-12)14-15-16/h2-3,6-7H,4-5H2,1H3. The smallest absolute Gasteiger partial charge is 0.0840 e. The van der Waals surface area contributed by atoms with Crippen LogP contribution in [0.1, 0.15) is 11.3 Å². The number of halogens is 2. The quantitative estimate of drug-likeness (QED) is 0.815. The van der Waals surface area contributed by atoms with E-state index in [0.717, 1.165) is 28.7 Å². The van der Waals surface area contributed by atoms with E-state index in [2.05, 4.69) is 26.2 Å². The van der Waals surface area contributed by atoms with E-state index < -0.39 is 0 Å². The Balaban J connectivity index is 2.38. The van der Waals surface area contributed by atoms with Gasteiger partial charge in [0.25, 0.3) is 0 Å². The van der Waals surface area contributed by atoms with Crippen LogP contribution >= 0.6 is 27.5 Å². The van der Waals surface area contributed by atoms with Crippen LogP contribution in [0.2, 0.25) is 5.02 Å². The van der Waals surface area contributed by atoms with E-state index >= 15 is 0 Å². The number of rotatable bonds is 3. The lowest BCUT2D eigenvalue weighted by Gasteiger charge is -2.04. The van der Waals surface area contributed by atoms with E-state index in [0.29, 0.717) is 5.02 Å². The Kier molecular flexibility index (Phi) is 3.61. The van der Waals surface area contributed by atoms with Gasteiger partial charge in [-0.25, -0.2) is 4.68 Å². The van der Waals surface area contributed by atoms with Gasteiger partial charge >= 0.3 is 0 Å². The highest BCUT2D eigenvalue weighted by Crippen LogP contribution is 2.18. The zero-order valence-electron chi connectivity index (χ0n) is 8.82. The minimum Gasteiger partial charge on any atom is -0.220 e. The lowest BCUT2D eigenvalue weighted by atomic mass is 10.2. The summed E-state index contributed by atoms with van der Waals surface area (Å²) in [5.74, 6) is 0. The van der Waals surface area contributed by atoms with Crippen LogP contribution in [-0.4, -0.2) is 20.3 Å². The van der Waals surface area contributed by atoms with Crippen LogP contribution in [-0.2, 0) is 6.42 Å². The Morgan fingerprint density at radius 1 is 1.44 bits per heavy atom. The van der Waals surface area contributed by atoms with E-state index in [4.69, 9.17) is 11.6 Å². The van der Waals surface area contributed by atoms with Crippen LogP contribution in [0.15, 0.2) is 24.4 Å². The van der Waals surface area contributed by atoms with E-state index in [1.54, 1.807) is 4.68 Å². The van der Waals surface area contributed by atoms with Crippen molar-refractivity contribution in [2.24, 2.45) is 0 Å². The Hall–Kier alpha value is -0.870. The molecule has 0 radical (unpaired) electrons. The summed E-state index contributed by atoms with van der Waals surface area (Å²) >= 11 is 9.35. The number of nitrogens with zero attached hydrogens (tertiary/aromatic N) is 3. The first-order valence-corrected chi connectivity index (χ1v) is 6.44. The van der Waals surface area contributed by atoms with Crippen molar-refractivity contribution in [2.75, 3.05) is 5.33 Å². The molecule has 0 fully saturated rings. The molecule has 2 aromatic rings. The zero-order chi connectivity index (χ0) is 11.5. The van der Waals surface area contributed by atoms with Gasteiger partial charge in [0.05, 0.1) is 17.6 Å². The maximum Gasteiger partial charge on any atom is 0.0840 e. The molecule has 84 valence electrons. The third-order valence-electron chi connectivity index (χ3n) is 2.31. The van der Waals surface area contributed by atoms with E-state index in [9.17, 15) is 0 Å². The minimum atomic E-state index is 0.707. The number of aryl methyl sites for hydroxylation is 2. The van der Waals surface area contributed by atoms with Crippen molar-refractivity contribution >= 4 is 27.5 Å². The molecule has 0 aliphatic rings. The van der Waals surface area contributed by atoms with Gasteiger partial charge in [-0.05, 0) is 24.6 Å². The molecule has 0 N–H and O–H groups in total. The van der Waals surface area contributed by atoms with Gasteiger partial charge in [0, 0.05) is 16.8 Å². The minimum absolute atomic E-state index is 0.707. The van der Waals surface area contributed by atoms with Gasteiger partial charge in [-0.2, -0.15) is 0 Å². The van der Waals surface area contributed by atoms with E-state index in [-0.39, 0.29) is 0 Å². The van der Waals surface area contributed by atoms with Gasteiger partial charge in [0.2, 0.25) is 0 Å². The number of alkyl halides is 1. The molecule has 0 atom stereocenters. The van der Waals surface area contributed by atoms with Crippen LogP contribution in [0, 0.1) is 6.92 Å². The summed E-state index contributed by atoms with van der Waals surface area (Å²) in [6.07, 6.45) is 2.81. The van der Waals surface area contributed by atoms with Gasteiger partial charge in [0.15, 0.2) is 0 Å². The molecule has 0 unspecified atom stereocenters. The van der Waals surface area contributed by atoms with Crippen molar-refractivity contribution in [3.63, 3.8) is 0 Å². The van der Waals surface area contributed by atoms with Gasteiger partial charge in [-0.3, -0.25) is 0 Å². The highest BCUT2D eigenvalue weighted by molar-refractivity contribution is 9.09. The SMILES string of the molecule is Cc1ccc(Cl)cc1-n1cc(CCBr)nn1. The first-order valence-electron chi connectivity index (χ1n) is 4.94. The fraction of sp³-hybridized carbons (Fsp3) is 0.273. The molecule has 1 aromatic carbocycles. The summed E-state index contributed by atoms with van der Waals surface area (Å²) in [5, 5.41) is 9.78. The molecule has 1 heterocycles. The highest BCUT2D eigenvalue weighted by atomic mass is 79.9. The normalized spacial score (nSPS) is 10.7. The molecule has 0 bridgehead atoms. The summed E-state index contributed by atoms with van der Waals surface area (Å²) < 4.78 is 1.76. The molecular formula is C11H11BrClN3. The van der Waals surface area contributed by atoms with Crippen LogP contribution in [0.3, 0.4) is 0 Å². The van der Waals surface area contributed by atoms with Crippen molar-refractivity contribution in [1.82, 2.24) is 15.0 Å². The molecule has 5 heteroatoms. The molecule has 0 aliphatic heterocycles. The second-order valence-corrected chi connectivity index (χ2v) is 4.75. The van der Waals surface area contributed by atoms with Crippen LogP contribution in [0.25, 0.3) is 5.69 Å². The summed E-state index contributed by atoms with van der Waals surface area (Å²) in [6, 6.07) is 5.74. The zero-order valence-corrected chi connectivity index (χ0v) is 11.2. The topological polar surface area (TPSA) is 30.7 Å². The van der Waals surface area contributed by atoms with Crippen molar-refractivity contribution < 1.29 is 0 Å². The average molecular weight is 301 g/mol. The van der Waals surface area contributed by atoms with Crippen LogP contribution in [0.4, 0.5) is 0 Å². The number of aromatic nitrogens is 3. The molecule has 16 heavy (non-hydrogen) atoms. The van der Waals surface area contributed by atoms with E-state index in [1.807, 2.05) is 31.3 Å². The Morgan fingerprint density at radius 3 is 3.00 bits per heavy atom. The summed E-state index contributed by atoms with van der Waals surface area (Å²) in [4.78, 5) is 0. The molecule has 0 saturated carbocycles. The van der Waals surface area contributed by atoms with E-state index in [1.165, 1.54) is 0 Å². The van der Waals surface area contributed by atoms with Crippen molar-refractivity contribution in [3.8, 4) is 5.69 Å². The molecule has 0 spiro atoms. The average Bonchev–Trinajstić information content (AvgIpc) is 2.71. The maximum atomic E-state index is 5.97. The molecule has 0 aliphatic carbocycles. The van der Waals surface area contributed by atoms with Gasteiger partial charge in [-0.15, -0.1) is 5.10 Å². The Labute approximate surface area is 108 Å². The lowest BCUT2D eigenvalue weighted by molar-refractivity contribution is 0.794. The Bertz CT molecular complexity index is 496. The largest absolute Gasteiger partial charge is 0.220 e. The molecular weight excluding hydrogens is 289 g/mol. The monoisotopic (exact) mass is 299 g/mol. The summed E-state index contributed by atoms with van der Waals surface area (Å²) in [7, 11) is 0. The summed E-state index contributed by atoms with van der Waals surface area (Å²) in [6.45, 7) is 2.03. The first kappa shape index (κ1) is 11.6.